The van der Waals surface area contributed by atoms with Crippen molar-refractivity contribution in [2.24, 2.45) is 0 Å². The number of hydrogen-bond donors (Lipinski definition) is 0. The molecule has 1 saturated heterocycles. The topological polar surface area (TPSA) is 46.8 Å². The number of nitrogens with zero attached hydrogens (tertiary/aromatic N) is 5. The first kappa shape index (κ1) is 13.7. The van der Waals surface area contributed by atoms with E-state index in [1.54, 1.807) is 0 Å². The predicted molar refractivity (Wildman–Crippen MR) is 80.6 cm³/mol. The molecular formula is C14H18BrN5. The molecule has 0 spiro atoms. The molecule has 0 radical (unpaired) electrons. The van der Waals surface area contributed by atoms with Crippen molar-refractivity contribution in [1.29, 1.82) is 0 Å². The quantitative estimate of drug-likeness (QED) is 0.865. The number of aromatic nitrogens is 4. The van der Waals surface area contributed by atoms with Crippen molar-refractivity contribution in [3.8, 4) is 5.69 Å². The molecule has 0 aliphatic carbocycles. The second-order valence-electron chi connectivity index (χ2n) is 5.15. The molecular weight excluding hydrogens is 318 g/mol. The number of para-hydroxylation sites is 1. The molecule has 0 amide bonds. The normalized spacial score (nSPS) is 17.1. The van der Waals surface area contributed by atoms with Gasteiger partial charge in [0.25, 0.3) is 0 Å². The second kappa shape index (κ2) is 6.45. The Morgan fingerprint density at radius 2 is 1.80 bits per heavy atom. The van der Waals surface area contributed by atoms with Gasteiger partial charge in [-0.15, -0.1) is 5.10 Å². The van der Waals surface area contributed by atoms with Crippen LogP contribution in [0.15, 0.2) is 28.7 Å². The monoisotopic (exact) mass is 335 g/mol. The van der Waals surface area contributed by atoms with E-state index in [4.69, 9.17) is 0 Å². The molecule has 6 heteroatoms. The van der Waals surface area contributed by atoms with Gasteiger partial charge in [0.1, 0.15) is 0 Å². The summed E-state index contributed by atoms with van der Waals surface area (Å²) < 4.78 is 2.83. The number of rotatable bonds is 3. The van der Waals surface area contributed by atoms with Crippen molar-refractivity contribution in [3.63, 3.8) is 0 Å². The summed E-state index contributed by atoms with van der Waals surface area (Å²) in [6.45, 7) is 3.10. The first-order chi connectivity index (χ1) is 9.84. The first-order valence-electron chi connectivity index (χ1n) is 7.09. The molecule has 0 bridgehead atoms. The van der Waals surface area contributed by atoms with Gasteiger partial charge in [0.15, 0.2) is 5.82 Å². The van der Waals surface area contributed by atoms with Crippen molar-refractivity contribution in [2.75, 3.05) is 13.1 Å². The highest BCUT2D eigenvalue weighted by atomic mass is 79.9. The Balaban J connectivity index is 1.81. The molecule has 3 rings (SSSR count). The van der Waals surface area contributed by atoms with Gasteiger partial charge in [0, 0.05) is 4.47 Å². The van der Waals surface area contributed by atoms with E-state index < -0.39 is 0 Å². The van der Waals surface area contributed by atoms with Crippen LogP contribution >= 0.6 is 15.9 Å². The van der Waals surface area contributed by atoms with Crippen molar-refractivity contribution in [1.82, 2.24) is 25.1 Å². The van der Waals surface area contributed by atoms with Gasteiger partial charge >= 0.3 is 0 Å². The molecule has 1 aromatic heterocycles. The minimum Gasteiger partial charge on any atom is -0.296 e. The maximum Gasteiger partial charge on any atom is 0.170 e. The van der Waals surface area contributed by atoms with E-state index in [1.165, 1.54) is 25.7 Å². The Hall–Kier alpha value is -1.27. The molecule has 1 aliphatic rings. The zero-order chi connectivity index (χ0) is 13.8. The van der Waals surface area contributed by atoms with Crippen LogP contribution in [0.4, 0.5) is 0 Å². The maximum absolute atomic E-state index is 4.20. The van der Waals surface area contributed by atoms with Crippen molar-refractivity contribution in [3.05, 3.63) is 34.6 Å². The van der Waals surface area contributed by atoms with Gasteiger partial charge in [-0.3, -0.25) is 4.90 Å². The second-order valence-corrected chi connectivity index (χ2v) is 6.00. The van der Waals surface area contributed by atoms with Crippen molar-refractivity contribution >= 4 is 15.9 Å². The highest BCUT2D eigenvalue weighted by Crippen LogP contribution is 2.21. The summed E-state index contributed by atoms with van der Waals surface area (Å²) in [6, 6.07) is 8.02. The Kier molecular flexibility index (Phi) is 4.42. The lowest BCUT2D eigenvalue weighted by molar-refractivity contribution is 0.267. The zero-order valence-electron chi connectivity index (χ0n) is 11.4. The van der Waals surface area contributed by atoms with Gasteiger partial charge in [-0.05, 0) is 64.4 Å². The third kappa shape index (κ3) is 3.07. The van der Waals surface area contributed by atoms with E-state index in [1.807, 2.05) is 28.9 Å². The highest BCUT2D eigenvalue weighted by molar-refractivity contribution is 9.10. The maximum atomic E-state index is 4.20. The van der Waals surface area contributed by atoms with Crippen LogP contribution in [0.25, 0.3) is 5.69 Å². The molecule has 5 nitrogen and oxygen atoms in total. The Labute approximate surface area is 127 Å². The fourth-order valence-corrected chi connectivity index (χ4v) is 3.06. The van der Waals surface area contributed by atoms with Crippen LogP contribution in [0.1, 0.15) is 31.5 Å². The molecule has 20 heavy (non-hydrogen) atoms. The van der Waals surface area contributed by atoms with Gasteiger partial charge < -0.3 is 0 Å². The third-order valence-electron chi connectivity index (χ3n) is 3.68. The van der Waals surface area contributed by atoms with Crippen LogP contribution in [0.5, 0.6) is 0 Å². The van der Waals surface area contributed by atoms with Crippen LogP contribution in [0.3, 0.4) is 0 Å². The molecule has 2 aromatic rings. The van der Waals surface area contributed by atoms with E-state index >= 15 is 0 Å². The molecule has 1 aliphatic heterocycles. The lowest BCUT2D eigenvalue weighted by Gasteiger charge is -2.18. The van der Waals surface area contributed by atoms with E-state index in [9.17, 15) is 0 Å². The average Bonchev–Trinajstić information content (AvgIpc) is 2.75. The van der Waals surface area contributed by atoms with Gasteiger partial charge in [0.2, 0.25) is 0 Å². The largest absolute Gasteiger partial charge is 0.296 e. The van der Waals surface area contributed by atoms with E-state index in [2.05, 4.69) is 36.4 Å². The number of benzene rings is 1. The summed E-state index contributed by atoms with van der Waals surface area (Å²) in [4.78, 5) is 2.45. The van der Waals surface area contributed by atoms with Gasteiger partial charge in [0.05, 0.1) is 12.2 Å². The van der Waals surface area contributed by atoms with Crippen LogP contribution in [-0.4, -0.2) is 38.2 Å². The lowest BCUT2D eigenvalue weighted by atomic mass is 10.2. The van der Waals surface area contributed by atoms with E-state index in [0.29, 0.717) is 0 Å². The Morgan fingerprint density at radius 1 is 1.05 bits per heavy atom. The van der Waals surface area contributed by atoms with Crippen LogP contribution < -0.4 is 0 Å². The van der Waals surface area contributed by atoms with Crippen molar-refractivity contribution < 1.29 is 0 Å². The smallest absolute Gasteiger partial charge is 0.170 e. The molecule has 1 fully saturated rings. The molecule has 0 unspecified atom stereocenters. The molecule has 1 aromatic carbocycles. The van der Waals surface area contributed by atoms with Crippen molar-refractivity contribution in [2.45, 2.75) is 32.2 Å². The fraction of sp³-hybridized carbons (Fsp3) is 0.500. The van der Waals surface area contributed by atoms with Gasteiger partial charge in [-0.2, -0.15) is 4.68 Å². The average molecular weight is 336 g/mol. The summed E-state index contributed by atoms with van der Waals surface area (Å²) in [7, 11) is 0. The first-order valence-corrected chi connectivity index (χ1v) is 7.88. The SMILES string of the molecule is Brc1ccccc1-n1nnnc1CN1CCCCCC1. The molecule has 0 saturated carbocycles. The van der Waals surface area contributed by atoms with E-state index in [0.717, 1.165) is 35.6 Å². The van der Waals surface area contributed by atoms with Gasteiger partial charge in [-0.25, -0.2) is 0 Å². The fourth-order valence-electron chi connectivity index (χ4n) is 2.61. The summed E-state index contributed by atoms with van der Waals surface area (Å²) in [5.74, 6) is 0.902. The standard InChI is InChI=1S/C14H18BrN5/c15-12-7-3-4-8-13(12)20-14(16-17-18-20)11-19-9-5-1-2-6-10-19/h3-4,7-8H,1-2,5-6,9-11H2. The number of tetrazole rings is 1. The molecule has 0 atom stereocenters. The number of hydrogen-bond acceptors (Lipinski definition) is 4. The molecule has 0 N–H and O–H groups in total. The zero-order valence-corrected chi connectivity index (χ0v) is 13.0. The summed E-state index contributed by atoms with van der Waals surface area (Å²) in [6.07, 6.45) is 5.23. The highest BCUT2D eigenvalue weighted by Gasteiger charge is 2.15. The summed E-state index contributed by atoms with van der Waals surface area (Å²) in [5, 5.41) is 12.2. The minimum atomic E-state index is 0.814. The summed E-state index contributed by atoms with van der Waals surface area (Å²) in [5.41, 5.74) is 0.988. The summed E-state index contributed by atoms with van der Waals surface area (Å²) >= 11 is 3.56. The number of likely N-dealkylation sites (tertiary alicyclic amines) is 1. The third-order valence-corrected chi connectivity index (χ3v) is 4.35. The molecule has 106 valence electrons. The Bertz CT molecular complexity index is 560. The van der Waals surface area contributed by atoms with E-state index in [-0.39, 0.29) is 0 Å². The number of halogens is 1. The van der Waals surface area contributed by atoms with Crippen LogP contribution in [0.2, 0.25) is 0 Å². The minimum absolute atomic E-state index is 0.814. The van der Waals surface area contributed by atoms with Crippen LogP contribution in [0, 0.1) is 0 Å². The lowest BCUT2D eigenvalue weighted by Crippen LogP contribution is -2.26. The van der Waals surface area contributed by atoms with Gasteiger partial charge in [-0.1, -0.05) is 25.0 Å². The van der Waals surface area contributed by atoms with Crippen LogP contribution in [-0.2, 0) is 6.54 Å². The molecule has 2 heterocycles. The predicted octanol–water partition coefficient (Wildman–Crippen LogP) is 2.80. The Morgan fingerprint density at radius 3 is 2.55 bits per heavy atom.